The number of nitrogens with zero attached hydrogens (tertiary/aromatic N) is 2. The summed E-state index contributed by atoms with van der Waals surface area (Å²) in [5.74, 6) is 0. The van der Waals surface area contributed by atoms with E-state index in [-0.39, 0.29) is 0 Å². The molecule has 0 spiro atoms. The maximum Gasteiger partial charge on any atom is 0.142 e. The second-order valence-electron chi connectivity index (χ2n) is 4.45. The highest BCUT2D eigenvalue weighted by molar-refractivity contribution is 5.80. The van der Waals surface area contributed by atoms with Crippen molar-refractivity contribution in [2.45, 2.75) is 33.2 Å². The van der Waals surface area contributed by atoms with E-state index in [0.29, 0.717) is 12.8 Å². The first kappa shape index (κ1) is 12.1. The van der Waals surface area contributed by atoms with Gasteiger partial charge in [0.2, 0.25) is 0 Å². The topological polar surface area (TPSA) is 39.1 Å². The summed E-state index contributed by atoms with van der Waals surface area (Å²) in [5, 5.41) is 4.62. The number of rotatable bonds is 5. The molecule has 17 heavy (non-hydrogen) atoms. The van der Waals surface area contributed by atoms with Crippen molar-refractivity contribution in [2.24, 2.45) is 0 Å². The van der Waals surface area contributed by atoms with E-state index in [1.807, 2.05) is 16.8 Å². The fourth-order valence-electron chi connectivity index (χ4n) is 1.89. The van der Waals surface area contributed by atoms with E-state index < -0.39 is 0 Å². The summed E-state index contributed by atoms with van der Waals surface area (Å²) in [6, 6.07) is 4.55. The van der Waals surface area contributed by atoms with Gasteiger partial charge in [-0.1, -0.05) is 13.8 Å². The van der Waals surface area contributed by atoms with Crippen LogP contribution in [0.25, 0.3) is 11.0 Å². The van der Waals surface area contributed by atoms with Crippen LogP contribution in [0.4, 0.5) is 0 Å². The Morgan fingerprint density at radius 2 is 2.29 bits per heavy atom. The second-order valence-corrected chi connectivity index (χ2v) is 4.45. The number of hydrogen-bond donors (Lipinski definition) is 1. The first-order chi connectivity index (χ1) is 8.22. The van der Waals surface area contributed by atoms with Crippen LogP contribution in [-0.2, 0) is 18.0 Å². The average Bonchev–Trinajstić information content (AvgIpc) is 2.66. The number of aromatic nitrogens is 2. The van der Waals surface area contributed by atoms with E-state index in [4.69, 9.17) is 4.74 Å². The molecule has 0 radical (unpaired) electrons. The fourth-order valence-corrected chi connectivity index (χ4v) is 1.89. The third kappa shape index (κ3) is 2.65. The van der Waals surface area contributed by atoms with Crippen molar-refractivity contribution >= 4 is 11.0 Å². The summed E-state index contributed by atoms with van der Waals surface area (Å²) in [6.07, 6.45) is 3.92. The standard InChI is InChI=1S/C13H19N3O/c1-10(2)15-7-11-8-16(9-17-3)13-12(11)5-4-6-14-13/h4-6,8,10,15H,7,9H2,1-3H3. The first-order valence-corrected chi connectivity index (χ1v) is 5.87. The normalized spacial score (nSPS) is 11.5. The number of nitrogens with one attached hydrogen (secondary N) is 1. The van der Waals surface area contributed by atoms with Crippen molar-refractivity contribution in [2.75, 3.05) is 7.11 Å². The van der Waals surface area contributed by atoms with Crippen LogP contribution in [0.1, 0.15) is 19.4 Å². The Hall–Kier alpha value is -1.39. The molecule has 0 aliphatic heterocycles. The van der Waals surface area contributed by atoms with Gasteiger partial charge >= 0.3 is 0 Å². The van der Waals surface area contributed by atoms with E-state index in [1.54, 1.807) is 7.11 Å². The van der Waals surface area contributed by atoms with Crippen LogP contribution in [0, 0.1) is 0 Å². The summed E-state index contributed by atoms with van der Waals surface area (Å²) in [6.45, 7) is 5.69. The largest absolute Gasteiger partial charge is 0.364 e. The van der Waals surface area contributed by atoms with E-state index >= 15 is 0 Å². The molecule has 4 nitrogen and oxygen atoms in total. The molecule has 0 amide bonds. The van der Waals surface area contributed by atoms with Gasteiger partial charge in [-0.2, -0.15) is 0 Å². The third-order valence-corrected chi connectivity index (χ3v) is 2.69. The third-order valence-electron chi connectivity index (χ3n) is 2.69. The van der Waals surface area contributed by atoms with Crippen LogP contribution in [0.5, 0.6) is 0 Å². The van der Waals surface area contributed by atoms with Gasteiger partial charge in [0.1, 0.15) is 12.4 Å². The molecule has 2 aromatic rings. The minimum Gasteiger partial charge on any atom is -0.364 e. The van der Waals surface area contributed by atoms with Gasteiger partial charge in [0.25, 0.3) is 0 Å². The van der Waals surface area contributed by atoms with Crippen molar-refractivity contribution in [3.63, 3.8) is 0 Å². The number of methoxy groups -OCH3 is 1. The molecule has 0 aliphatic rings. The smallest absolute Gasteiger partial charge is 0.142 e. The van der Waals surface area contributed by atoms with E-state index in [2.05, 4.69) is 36.4 Å². The minimum atomic E-state index is 0.479. The van der Waals surface area contributed by atoms with Crippen molar-refractivity contribution in [1.82, 2.24) is 14.9 Å². The Morgan fingerprint density at radius 3 is 3.00 bits per heavy atom. The predicted octanol–water partition coefficient (Wildman–Crippen LogP) is 2.14. The SMILES string of the molecule is COCn1cc(CNC(C)C)c2cccnc21. The molecule has 4 heteroatoms. The highest BCUT2D eigenvalue weighted by Gasteiger charge is 2.08. The Labute approximate surface area is 102 Å². The summed E-state index contributed by atoms with van der Waals surface area (Å²) in [7, 11) is 1.70. The fraction of sp³-hybridized carbons (Fsp3) is 0.462. The molecule has 0 aromatic carbocycles. The second kappa shape index (κ2) is 5.29. The zero-order chi connectivity index (χ0) is 12.3. The highest BCUT2D eigenvalue weighted by atomic mass is 16.5. The molecule has 0 unspecified atom stereocenters. The van der Waals surface area contributed by atoms with Gasteiger partial charge in [-0.05, 0) is 17.7 Å². The van der Waals surface area contributed by atoms with Crippen molar-refractivity contribution in [3.8, 4) is 0 Å². The molecule has 0 fully saturated rings. The van der Waals surface area contributed by atoms with Crippen LogP contribution in [0.15, 0.2) is 24.5 Å². The van der Waals surface area contributed by atoms with E-state index in [1.165, 1.54) is 10.9 Å². The molecule has 2 rings (SSSR count). The molecule has 0 aliphatic carbocycles. The van der Waals surface area contributed by atoms with Gasteiger partial charge in [0.15, 0.2) is 0 Å². The zero-order valence-corrected chi connectivity index (χ0v) is 10.6. The molecule has 0 saturated carbocycles. The highest BCUT2D eigenvalue weighted by Crippen LogP contribution is 2.19. The van der Waals surface area contributed by atoms with E-state index in [0.717, 1.165) is 12.2 Å². The van der Waals surface area contributed by atoms with Crippen LogP contribution in [0.2, 0.25) is 0 Å². The Balaban J connectivity index is 2.34. The molecule has 0 bridgehead atoms. The number of pyridine rings is 1. The molecule has 2 aromatic heterocycles. The molecule has 0 saturated heterocycles. The molecular formula is C13H19N3O. The minimum absolute atomic E-state index is 0.479. The van der Waals surface area contributed by atoms with Gasteiger partial charge in [0, 0.05) is 37.5 Å². The Morgan fingerprint density at radius 1 is 1.47 bits per heavy atom. The van der Waals surface area contributed by atoms with Crippen molar-refractivity contribution in [1.29, 1.82) is 0 Å². The molecule has 2 heterocycles. The van der Waals surface area contributed by atoms with Crippen LogP contribution >= 0.6 is 0 Å². The number of hydrogen-bond acceptors (Lipinski definition) is 3. The lowest BCUT2D eigenvalue weighted by molar-refractivity contribution is 0.134. The van der Waals surface area contributed by atoms with Gasteiger partial charge in [0.05, 0.1) is 0 Å². The first-order valence-electron chi connectivity index (χ1n) is 5.87. The summed E-state index contributed by atoms with van der Waals surface area (Å²) >= 11 is 0. The molecule has 0 atom stereocenters. The lowest BCUT2D eigenvalue weighted by atomic mass is 10.2. The van der Waals surface area contributed by atoms with E-state index in [9.17, 15) is 0 Å². The summed E-state index contributed by atoms with van der Waals surface area (Å²) in [4.78, 5) is 4.40. The van der Waals surface area contributed by atoms with Gasteiger partial charge < -0.3 is 14.6 Å². The predicted molar refractivity (Wildman–Crippen MR) is 68.7 cm³/mol. The number of fused-ring (bicyclic) bond motifs is 1. The lowest BCUT2D eigenvalue weighted by Gasteiger charge is -2.06. The van der Waals surface area contributed by atoms with Gasteiger partial charge in [-0.25, -0.2) is 4.98 Å². The van der Waals surface area contributed by atoms with Gasteiger partial charge in [-0.3, -0.25) is 0 Å². The average molecular weight is 233 g/mol. The maximum absolute atomic E-state index is 5.18. The van der Waals surface area contributed by atoms with Crippen LogP contribution < -0.4 is 5.32 Å². The van der Waals surface area contributed by atoms with Gasteiger partial charge in [-0.15, -0.1) is 0 Å². The quantitative estimate of drug-likeness (QED) is 0.860. The zero-order valence-electron chi connectivity index (χ0n) is 10.6. The monoisotopic (exact) mass is 233 g/mol. The van der Waals surface area contributed by atoms with Crippen LogP contribution in [0.3, 0.4) is 0 Å². The molecule has 1 N–H and O–H groups in total. The molecular weight excluding hydrogens is 214 g/mol. The van der Waals surface area contributed by atoms with Crippen LogP contribution in [-0.4, -0.2) is 22.7 Å². The number of ether oxygens (including phenoxy) is 1. The Kier molecular flexibility index (Phi) is 3.76. The summed E-state index contributed by atoms with van der Waals surface area (Å²) in [5.41, 5.74) is 2.24. The molecule has 92 valence electrons. The lowest BCUT2D eigenvalue weighted by Crippen LogP contribution is -2.21. The maximum atomic E-state index is 5.18. The Bertz CT molecular complexity index is 490. The summed E-state index contributed by atoms with van der Waals surface area (Å²) < 4.78 is 7.21. The van der Waals surface area contributed by atoms with Crippen molar-refractivity contribution < 1.29 is 4.74 Å². The van der Waals surface area contributed by atoms with Crippen molar-refractivity contribution in [3.05, 3.63) is 30.1 Å².